The van der Waals surface area contributed by atoms with Gasteiger partial charge in [0.2, 0.25) is 0 Å². The number of benzene rings is 1. The summed E-state index contributed by atoms with van der Waals surface area (Å²) in [6.45, 7) is 6.77. The van der Waals surface area contributed by atoms with Gasteiger partial charge in [-0.1, -0.05) is 23.3 Å². The topological polar surface area (TPSA) is 42.0 Å². The molecular formula is C21H26N2O. The highest BCUT2D eigenvalue weighted by Gasteiger charge is 2.14. The maximum atomic E-state index is 12.7. The summed E-state index contributed by atoms with van der Waals surface area (Å²) >= 11 is 0. The number of hydrogen-bond donors (Lipinski definition) is 1. The fraction of sp³-hybridized carbons (Fsp3) is 0.429. The molecule has 1 N–H and O–H groups in total. The highest BCUT2D eigenvalue weighted by molar-refractivity contribution is 6.07. The van der Waals surface area contributed by atoms with Crippen molar-refractivity contribution < 1.29 is 4.79 Å². The van der Waals surface area contributed by atoms with Crippen LogP contribution in [0.1, 0.15) is 59.3 Å². The standard InChI is InChI=1S/C21H26N2O/c1-14-11-15(2)20-18(12-14)19(13-16(3)23-20)21(24)22-10-9-17-7-5-4-6-8-17/h7,11-13H,4-6,8-10H2,1-3H3,(H,22,24). The third-order valence-corrected chi connectivity index (χ3v) is 4.74. The minimum absolute atomic E-state index is 0.00640. The van der Waals surface area contributed by atoms with E-state index in [9.17, 15) is 4.79 Å². The van der Waals surface area contributed by atoms with Gasteiger partial charge in [-0.05, 0) is 70.6 Å². The highest BCUT2D eigenvalue weighted by atomic mass is 16.1. The lowest BCUT2D eigenvalue weighted by molar-refractivity contribution is 0.0955. The first kappa shape index (κ1) is 16.7. The third kappa shape index (κ3) is 3.66. The van der Waals surface area contributed by atoms with E-state index in [1.165, 1.54) is 31.3 Å². The van der Waals surface area contributed by atoms with Crippen LogP contribution in [-0.2, 0) is 0 Å². The number of carbonyl (C=O) groups excluding carboxylic acids is 1. The van der Waals surface area contributed by atoms with Crippen LogP contribution < -0.4 is 5.32 Å². The number of carbonyl (C=O) groups is 1. The Balaban J connectivity index is 1.80. The van der Waals surface area contributed by atoms with E-state index in [0.29, 0.717) is 6.54 Å². The molecule has 1 amide bonds. The van der Waals surface area contributed by atoms with Crippen LogP contribution in [0.2, 0.25) is 0 Å². The number of aryl methyl sites for hydroxylation is 3. The normalized spacial score (nSPS) is 14.5. The molecule has 3 heteroatoms. The zero-order valence-electron chi connectivity index (χ0n) is 14.9. The molecule has 1 aromatic heterocycles. The molecule has 0 atom stereocenters. The van der Waals surface area contributed by atoms with E-state index in [0.717, 1.165) is 39.7 Å². The zero-order valence-corrected chi connectivity index (χ0v) is 14.9. The number of hydrogen-bond acceptors (Lipinski definition) is 2. The van der Waals surface area contributed by atoms with Gasteiger partial charge >= 0.3 is 0 Å². The number of fused-ring (bicyclic) bond motifs is 1. The first-order chi connectivity index (χ1) is 11.5. The molecule has 3 nitrogen and oxygen atoms in total. The van der Waals surface area contributed by atoms with Crippen LogP contribution in [-0.4, -0.2) is 17.4 Å². The van der Waals surface area contributed by atoms with Crippen LogP contribution in [0.15, 0.2) is 29.8 Å². The Morgan fingerprint density at radius 3 is 2.75 bits per heavy atom. The Morgan fingerprint density at radius 2 is 2.00 bits per heavy atom. The molecule has 1 aliphatic rings. The van der Waals surface area contributed by atoms with Crippen LogP contribution in [0.4, 0.5) is 0 Å². The fourth-order valence-electron chi connectivity index (χ4n) is 3.56. The number of rotatable bonds is 4. The van der Waals surface area contributed by atoms with Gasteiger partial charge in [-0.25, -0.2) is 0 Å². The fourth-order valence-corrected chi connectivity index (χ4v) is 3.56. The molecule has 0 unspecified atom stereocenters. The van der Waals surface area contributed by atoms with Crippen molar-refractivity contribution in [2.45, 2.75) is 52.9 Å². The van der Waals surface area contributed by atoms with E-state index >= 15 is 0 Å². The summed E-state index contributed by atoms with van der Waals surface area (Å²) < 4.78 is 0. The van der Waals surface area contributed by atoms with Gasteiger partial charge in [-0.15, -0.1) is 0 Å². The van der Waals surface area contributed by atoms with Gasteiger partial charge in [0.05, 0.1) is 11.1 Å². The average Bonchev–Trinajstić information content (AvgIpc) is 2.56. The quantitative estimate of drug-likeness (QED) is 0.823. The van der Waals surface area contributed by atoms with Crippen molar-refractivity contribution in [3.8, 4) is 0 Å². The monoisotopic (exact) mass is 322 g/mol. The van der Waals surface area contributed by atoms with Crippen molar-refractivity contribution in [2.75, 3.05) is 6.54 Å². The molecule has 0 aliphatic heterocycles. The second-order valence-electron chi connectivity index (χ2n) is 6.90. The van der Waals surface area contributed by atoms with Crippen LogP contribution in [0.5, 0.6) is 0 Å². The Labute approximate surface area is 144 Å². The Hall–Kier alpha value is -2.16. The third-order valence-electron chi connectivity index (χ3n) is 4.74. The lowest BCUT2D eigenvalue weighted by Crippen LogP contribution is -2.25. The largest absolute Gasteiger partial charge is 0.352 e. The molecular weight excluding hydrogens is 296 g/mol. The van der Waals surface area contributed by atoms with Gasteiger partial charge in [0.25, 0.3) is 5.91 Å². The zero-order chi connectivity index (χ0) is 17.1. The smallest absolute Gasteiger partial charge is 0.252 e. The molecule has 0 saturated carbocycles. The van der Waals surface area contributed by atoms with E-state index in [4.69, 9.17) is 0 Å². The number of nitrogens with one attached hydrogen (secondary N) is 1. The van der Waals surface area contributed by atoms with E-state index in [2.05, 4.69) is 42.4 Å². The van der Waals surface area contributed by atoms with Crippen LogP contribution in [0.3, 0.4) is 0 Å². The van der Waals surface area contributed by atoms with E-state index in [1.54, 1.807) is 0 Å². The summed E-state index contributed by atoms with van der Waals surface area (Å²) in [6, 6.07) is 6.08. The predicted molar refractivity (Wildman–Crippen MR) is 99.5 cm³/mol. The molecule has 1 aromatic carbocycles. The van der Waals surface area contributed by atoms with Gasteiger partial charge in [-0.3, -0.25) is 9.78 Å². The number of aromatic nitrogens is 1. The molecule has 0 saturated heterocycles. The minimum Gasteiger partial charge on any atom is -0.352 e. The maximum absolute atomic E-state index is 12.7. The van der Waals surface area contributed by atoms with Gasteiger partial charge in [0.15, 0.2) is 0 Å². The van der Waals surface area contributed by atoms with E-state index in [1.807, 2.05) is 13.0 Å². The van der Waals surface area contributed by atoms with Crippen molar-refractivity contribution >= 4 is 16.8 Å². The second kappa shape index (κ2) is 7.16. The van der Waals surface area contributed by atoms with Gasteiger partial charge in [-0.2, -0.15) is 0 Å². The predicted octanol–water partition coefficient (Wildman–Crippen LogP) is 4.78. The summed E-state index contributed by atoms with van der Waals surface area (Å²) in [4.78, 5) is 17.3. The summed E-state index contributed by atoms with van der Waals surface area (Å²) in [5, 5.41) is 4.05. The lowest BCUT2D eigenvalue weighted by Gasteiger charge is -2.14. The second-order valence-corrected chi connectivity index (χ2v) is 6.90. The number of nitrogens with zero attached hydrogens (tertiary/aromatic N) is 1. The van der Waals surface area contributed by atoms with Crippen molar-refractivity contribution in [2.24, 2.45) is 0 Å². The number of amides is 1. The number of pyridine rings is 1. The van der Waals surface area contributed by atoms with Crippen molar-refractivity contribution in [1.82, 2.24) is 10.3 Å². The summed E-state index contributed by atoms with van der Waals surface area (Å²) in [5.41, 5.74) is 6.32. The summed E-state index contributed by atoms with van der Waals surface area (Å²) in [5.74, 6) is 0.00640. The van der Waals surface area contributed by atoms with Crippen molar-refractivity contribution in [1.29, 1.82) is 0 Å². The first-order valence-corrected chi connectivity index (χ1v) is 8.89. The van der Waals surface area contributed by atoms with Gasteiger partial charge < -0.3 is 5.32 Å². The Kier molecular flexibility index (Phi) is 4.98. The SMILES string of the molecule is Cc1cc(C)c2nc(C)cc(C(=O)NCCC3=CCCCC3)c2c1. The minimum atomic E-state index is 0.00640. The molecule has 126 valence electrons. The average molecular weight is 322 g/mol. The molecule has 3 rings (SSSR count). The van der Waals surface area contributed by atoms with Crippen molar-refractivity contribution in [3.63, 3.8) is 0 Å². The maximum Gasteiger partial charge on any atom is 0.252 e. The lowest BCUT2D eigenvalue weighted by atomic mass is 9.97. The van der Waals surface area contributed by atoms with Crippen LogP contribution in [0, 0.1) is 20.8 Å². The van der Waals surface area contributed by atoms with Crippen molar-refractivity contribution in [3.05, 3.63) is 52.2 Å². The Bertz CT molecular complexity index is 805. The molecule has 1 aliphatic carbocycles. The van der Waals surface area contributed by atoms with E-state index < -0.39 is 0 Å². The molecule has 1 heterocycles. The molecule has 2 aromatic rings. The van der Waals surface area contributed by atoms with Crippen LogP contribution in [0.25, 0.3) is 10.9 Å². The first-order valence-electron chi connectivity index (χ1n) is 8.89. The molecule has 24 heavy (non-hydrogen) atoms. The number of allylic oxidation sites excluding steroid dienone is 1. The molecule has 0 fully saturated rings. The molecule has 0 radical (unpaired) electrons. The van der Waals surface area contributed by atoms with Crippen LogP contribution >= 0.6 is 0 Å². The highest BCUT2D eigenvalue weighted by Crippen LogP contribution is 2.24. The summed E-state index contributed by atoms with van der Waals surface area (Å²) in [6.07, 6.45) is 8.27. The van der Waals surface area contributed by atoms with Gasteiger partial charge in [0, 0.05) is 17.6 Å². The Morgan fingerprint density at radius 1 is 1.17 bits per heavy atom. The summed E-state index contributed by atoms with van der Waals surface area (Å²) in [7, 11) is 0. The van der Waals surface area contributed by atoms with Gasteiger partial charge in [0.1, 0.15) is 0 Å². The van der Waals surface area contributed by atoms with E-state index in [-0.39, 0.29) is 5.91 Å². The molecule has 0 spiro atoms. The molecule has 0 bridgehead atoms.